The fraction of sp³-hybridized carbons (Fsp3) is 0.571. The van der Waals surface area contributed by atoms with Crippen LogP contribution >= 0.6 is 0 Å². The first-order valence-corrected chi connectivity index (χ1v) is 8.29. The molecule has 0 atom stereocenters. The molecule has 112 valence electrons. The zero-order valence-electron chi connectivity index (χ0n) is 11.8. The topological polar surface area (TPSA) is 63.4 Å². The molecule has 0 aromatic heterocycles. The van der Waals surface area contributed by atoms with Crippen LogP contribution in [0.2, 0.25) is 0 Å². The van der Waals surface area contributed by atoms with Gasteiger partial charge in [0.2, 0.25) is 10.0 Å². The molecular weight excluding hydrogens is 279 g/mol. The highest BCUT2D eigenvalue weighted by Crippen LogP contribution is 2.30. The molecule has 1 aromatic rings. The Morgan fingerprint density at radius 2 is 1.85 bits per heavy atom. The monoisotopic (exact) mass is 300 g/mol. The average Bonchev–Trinajstić information content (AvgIpc) is 2.41. The highest BCUT2D eigenvalue weighted by atomic mass is 32.2. The number of halogens is 1. The lowest BCUT2D eigenvalue weighted by Gasteiger charge is -2.32. The molecule has 2 rings (SSSR count). The minimum atomic E-state index is -3.83. The van der Waals surface area contributed by atoms with E-state index in [0.29, 0.717) is 5.92 Å². The predicted octanol–water partition coefficient (Wildman–Crippen LogP) is 2.61. The molecule has 0 saturated heterocycles. The van der Waals surface area contributed by atoms with Gasteiger partial charge in [0.15, 0.2) is 0 Å². The average molecular weight is 300 g/mol. The molecule has 1 fully saturated rings. The summed E-state index contributed by atoms with van der Waals surface area (Å²) in [5, 5.41) is 0. The van der Waals surface area contributed by atoms with E-state index in [-0.39, 0.29) is 16.6 Å². The maximum absolute atomic E-state index is 13.8. The molecular formula is C14H21FN2O2S. The van der Waals surface area contributed by atoms with Crippen molar-refractivity contribution in [2.75, 3.05) is 12.8 Å². The fourth-order valence-electron chi connectivity index (χ4n) is 2.68. The summed E-state index contributed by atoms with van der Waals surface area (Å²) in [5.74, 6) is -0.123. The van der Waals surface area contributed by atoms with E-state index < -0.39 is 15.8 Å². The molecule has 1 aliphatic rings. The summed E-state index contributed by atoms with van der Waals surface area (Å²) in [6, 6.07) is 3.58. The van der Waals surface area contributed by atoms with Gasteiger partial charge in [0, 0.05) is 18.8 Å². The molecule has 0 heterocycles. The molecule has 0 aliphatic heterocycles. The number of nitrogens with two attached hydrogens (primary N) is 1. The number of nitrogens with zero attached hydrogens (tertiary/aromatic N) is 1. The number of anilines is 1. The first-order valence-electron chi connectivity index (χ1n) is 6.85. The van der Waals surface area contributed by atoms with E-state index >= 15 is 0 Å². The highest BCUT2D eigenvalue weighted by molar-refractivity contribution is 7.89. The van der Waals surface area contributed by atoms with Gasteiger partial charge in [0.25, 0.3) is 0 Å². The summed E-state index contributed by atoms with van der Waals surface area (Å²) >= 11 is 0. The fourth-order valence-corrected chi connectivity index (χ4v) is 4.19. The Bertz CT molecular complexity index is 581. The van der Waals surface area contributed by atoms with Crippen molar-refractivity contribution in [1.82, 2.24) is 4.31 Å². The number of hydrogen-bond donors (Lipinski definition) is 1. The third kappa shape index (κ3) is 2.96. The number of benzene rings is 1. The second-order valence-electron chi connectivity index (χ2n) is 5.62. The van der Waals surface area contributed by atoms with Crippen LogP contribution in [0.5, 0.6) is 0 Å². The van der Waals surface area contributed by atoms with Crippen LogP contribution in [0.3, 0.4) is 0 Å². The van der Waals surface area contributed by atoms with Crippen molar-refractivity contribution < 1.29 is 12.8 Å². The standard InChI is InChI=1S/C14H21FN2O2S/c1-10-3-6-12(7-4-10)17(2)20(18,19)14-9-11(16)5-8-13(14)15/h5,8-10,12H,3-4,6-7,16H2,1-2H3. The van der Waals surface area contributed by atoms with E-state index in [1.807, 2.05) is 0 Å². The molecule has 4 nitrogen and oxygen atoms in total. The molecule has 1 aliphatic carbocycles. The van der Waals surface area contributed by atoms with E-state index in [4.69, 9.17) is 5.73 Å². The second-order valence-corrected chi connectivity index (χ2v) is 7.59. The minimum Gasteiger partial charge on any atom is -0.399 e. The molecule has 0 unspecified atom stereocenters. The number of sulfonamides is 1. The molecule has 0 spiro atoms. The molecule has 2 N–H and O–H groups in total. The van der Waals surface area contributed by atoms with Gasteiger partial charge in [-0.1, -0.05) is 6.92 Å². The van der Waals surface area contributed by atoms with Gasteiger partial charge in [-0.25, -0.2) is 12.8 Å². The Balaban J connectivity index is 2.27. The third-order valence-corrected chi connectivity index (χ3v) is 6.04. The Morgan fingerprint density at radius 3 is 2.45 bits per heavy atom. The van der Waals surface area contributed by atoms with Crippen molar-refractivity contribution in [3.05, 3.63) is 24.0 Å². The summed E-state index contributed by atoms with van der Waals surface area (Å²) in [6.07, 6.45) is 3.65. The minimum absolute atomic E-state index is 0.0583. The SMILES string of the molecule is CC1CCC(N(C)S(=O)(=O)c2cc(N)ccc2F)CC1. The van der Waals surface area contributed by atoms with E-state index in [2.05, 4.69) is 6.92 Å². The quantitative estimate of drug-likeness (QED) is 0.873. The van der Waals surface area contributed by atoms with E-state index in [1.54, 1.807) is 0 Å². The van der Waals surface area contributed by atoms with Gasteiger partial charge >= 0.3 is 0 Å². The zero-order chi connectivity index (χ0) is 14.9. The molecule has 0 amide bonds. The van der Waals surface area contributed by atoms with Crippen LogP contribution in [0.15, 0.2) is 23.1 Å². The first kappa shape index (κ1) is 15.3. The van der Waals surface area contributed by atoms with E-state index in [0.717, 1.165) is 31.7 Å². The predicted molar refractivity (Wildman–Crippen MR) is 77.2 cm³/mol. The van der Waals surface area contributed by atoms with Crippen molar-refractivity contribution in [3.63, 3.8) is 0 Å². The number of rotatable bonds is 3. The van der Waals surface area contributed by atoms with Gasteiger partial charge in [-0.05, 0) is 49.8 Å². The normalized spacial score (nSPS) is 24.0. The molecule has 20 heavy (non-hydrogen) atoms. The van der Waals surface area contributed by atoms with Crippen LogP contribution in [0.25, 0.3) is 0 Å². The third-order valence-electron chi connectivity index (χ3n) is 4.11. The lowest BCUT2D eigenvalue weighted by molar-refractivity contribution is 0.245. The summed E-state index contributed by atoms with van der Waals surface area (Å²) in [7, 11) is -2.30. The molecule has 0 radical (unpaired) electrons. The van der Waals surface area contributed by atoms with Crippen LogP contribution in [-0.2, 0) is 10.0 Å². The highest BCUT2D eigenvalue weighted by Gasteiger charge is 2.32. The number of nitrogen functional groups attached to an aromatic ring is 1. The second kappa shape index (κ2) is 5.69. The maximum atomic E-state index is 13.8. The van der Waals surface area contributed by atoms with Crippen molar-refractivity contribution in [2.45, 2.75) is 43.5 Å². The lowest BCUT2D eigenvalue weighted by atomic mass is 9.87. The van der Waals surface area contributed by atoms with E-state index in [9.17, 15) is 12.8 Å². The Morgan fingerprint density at radius 1 is 1.25 bits per heavy atom. The van der Waals surface area contributed by atoms with Gasteiger partial charge in [-0.3, -0.25) is 0 Å². The largest absolute Gasteiger partial charge is 0.399 e. The Kier molecular flexibility index (Phi) is 4.34. The van der Waals surface area contributed by atoms with Crippen LogP contribution in [-0.4, -0.2) is 25.8 Å². The zero-order valence-corrected chi connectivity index (χ0v) is 12.7. The molecule has 1 saturated carbocycles. The summed E-state index contributed by atoms with van der Waals surface area (Å²) in [5.41, 5.74) is 5.82. The van der Waals surface area contributed by atoms with Gasteiger partial charge < -0.3 is 5.73 Å². The number of hydrogen-bond acceptors (Lipinski definition) is 3. The van der Waals surface area contributed by atoms with Crippen molar-refractivity contribution in [3.8, 4) is 0 Å². The summed E-state index contributed by atoms with van der Waals surface area (Å²) < 4.78 is 40.1. The molecule has 1 aromatic carbocycles. The summed E-state index contributed by atoms with van der Waals surface area (Å²) in [6.45, 7) is 2.17. The van der Waals surface area contributed by atoms with Crippen molar-refractivity contribution in [1.29, 1.82) is 0 Å². The van der Waals surface area contributed by atoms with Crippen LogP contribution in [0, 0.1) is 11.7 Å². The lowest BCUT2D eigenvalue weighted by Crippen LogP contribution is -2.39. The van der Waals surface area contributed by atoms with Gasteiger partial charge in [-0.2, -0.15) is 4.31 Å². The van der Waals surface area contributed by atoms with Crippen LogP contribution in [0.1, 0.15) is 32.6 Å². The molecule has 0 bridgehead atoms. The smallest absolute Gasteiger partial charge is 0.246 e. The molecule has 6 heteroatoms. The Hall–Kier alpha value is -1.14. The summed E-state index contributed by atoms with van der Waals surface area (Å²) in [4.78, 5) is -0.335. The van der Waals surface area contributed by atoms with Crippen LogP contribution < -0.4 is 5.73 Å². The van der Waals surface area contributed by atoms with Gasteiger partial charge in [0.1, 0.15) is 10.7 Å². The van der Waals surface area contributed by atoms with Gasteiger partial charge in [0.05, 0.1) is 0 Å². The van der Waals surface area contributed by atoms with Crippen LogP contribution in [0.4, 0.5) is 10.1 Å². The van der Waals surface area contributed by atoms with Crippen molar-refractivity contribution >= 4 is 15.7 Å². The first-order chi connectivity index (χ1) is 9.32. The van der Waals surface area contributed by atoms with Gasteiger partial charge in [-0.15, -0.1) is 0 Å². The maximum Gasteiger partial charge on any atom is 0.246 e. The Labute approximate surface area is 119 Å². The van der Waals surface area contributed by atoms with E-state index in [1.165, 1.54) is 23.5 Å². The van der Waals surface area contributed by atoms with Crippen molar-refractivity contribution in [2.24, 2.45) is 5.92 Å².